The highest BCUT2D eigenvalue weighted by atomic mass is 16.4. The zero-order valence-corrected chi connectivity index (χ0v) is 3.26. The summed E-state index contributed by atoms with van der Waals surface area (Å²) in [6.07, 6.45) is 6.41. The summed E-state index contributed by atoms with van der Waals surface area (Å²) < 4.78 is 0. The molecule has 0 bridgehead atoms. The molecule has 0 aliphatic rings. The monoisotopic (exact) mass is 83.0 g/mol. The molecule has 0 unspecified atom stereocenters. The van der Waals surface area contributed by atoms with Crippen molar-refractivity contribution < 1.29 is 5.21 Å². The van der Waals surface area contributed by atoms with Crippen molar-refractivity contribution in [1.29, 1.82) is 0 Å². The van der Waals surface area contributed by atoms with E-state index in [9.17, 15) is 0 Å². The van der Waals surface area contributed by atoms with Crippen LogP contribution in [0.15, 0.2) is 5.16 Å². The highest BCUT2D eigenvalue weighted by Crippen LogP contribution is 1.61. The van der Waals surface area contributed by atoms with E-state index in [0.29, 0.717) is 6.42 Å². The fraction of sp³-hybridized carbons (Fsp3) is 0.250. The van der Waals surface area contributed by atoms with Gasteiger partial charge in [0, 0.05) is 6.42 Å². The van der Waals surface area contributed by atoms with E-state index in [1.807, 2.05) is 0 Å². The molecule has 1 N–H and O–H groups in total. The Hall–Kier alpha value is -0.970. The van der Waals surface area contributed by atoms with E-state index in [1.54, 1.807) is 0 Å². The second kappa shape index (κ2) is 4.03. The van der Waals surface area contributed by atoms with Gasteiger partial charge in [-0.3, -0.25) is 0 Å². The number of nitrogens with zero attached hydrogens (tertiary/aromatic N) is 1. The van der Waals surface area contributed by atoms with Crippen LogP contribution in [-0.2, 0) is 0 Å². The molecule has 0 amide bonds. The van der Waals surface area contributed by atoms with Gasteiger partial charge in [0.25, 0.3) is 0 Å². The van der Waals surface area contributed by atoms with Gasteiger partial charge in [0.05, 0.1) is 6.21 Å². The number of terminal acetylenes is 1. The third-order valence-corrected chi connectivity index (χ3v) is 0.291. The molecule has 32 valence electrons. The first-order valence-electron chi connectivity index (χ1n) is 1.51. The van der Waals surface area contributed by atoms with E-state index in [-0.39, 0.29) is 0 Å². The van der Waals surface area contributed by atoms with Crippen molar-refractivity contribution >= 4 is 6.21 Å². The van der Waals surface area contributed by atoms with Gasteiger partial charge < -0.3 is 5.21 Å². The van der Waals surface area contributed by atoms with Gasteiger partial charge in [-0.1, -0.05) is 0 Å². The minimum Gasteiger partial charge on any atom is -0.411 e. The highest BCUT2D eigenvalue weighted by Gasteiger charge is 1.60. The van der Waals surface area contributed by atoms with Crippen molar-refractivity contribution in [3.8, 4) is 12.3 Å². The Morgan fingerprint density at radius 1 is 2.00 bits per heavy atom. The molecule has 0 radical (unpaired) electrons. The first-order valence-corrected chi connectivity index (χ1v) is 1.51. The Kier molecular flexibility index (Phi) is 3.38. The Morgan fingerprint density at radius 3 is 2.83 bits per heavy atom. The maximum absolute atomic E-state index is 7.67. The van der Waals surface area contributed by atoms with Crippen LogP contribution in [0.2, 0.25) is 0 Å². The molecule has 0 atom stereocenters. The van der Waals surface area contributed by atoms with Gasteiger partial charge in [-0.15, -0.1) is 17.5 Å². The largest absolute Gasteiger partial charge is 0.411 e. The van der Waals surface area contributed by atoms with Crippen LogP contribution in [-0.4, -0.2) is 11.4 Å². The predicted molar refractivity (Wildman–Crippen MR) is 23.7 cm³/mol. The first kappa shape index (κ1) is 5.03. The van der Waals surface area contributed by atoms with Gasteiger partial charge >= 0.3 is 0 Å². The van der Waals surface area contributed by atoms with Gasteiger partial charge in [0.15, 0.2) is 0 Å². The quantitative estimate of drug-likeness (QED) is 0.212. The average molecular weight is 83.1 g/mol. The summed E-state index contributed by atoms with van der Waals surface area (Å²) in [7, 11) is 0. The fourth-order valence-corrected chi connectivity index (χ4v) is 0.0935. The van der Waals surface area contributed by atoms with Crippen molar-refractivity contribution in [3.63, 3.8) is 0 Å². The summed E-state index contributed by atoms with van der Waals surface area (Å²) in [5, 5.41) is 10.3. The van der Waals surface area contributed by atoms with E-state index in [4.69, 9.17) is 11.6 Å². The summed E-state index contributed by atoms with van der Waals surface area (Å²) in [5.41, 5.74) is 0. The summed E-state index contributed by atoms with van der Waals surface area (Å²) in [6.45, 7) is 0. The third kappa shape index (κ3) is 3.03. The van der Waals surface area contributed by atoms with Crippen LogP contribution in [0.3, 0.4) is 0 Å². The zero-order valence-electron chi connectivity index (χ0n) is 3.26. The molecule has 2 heteroatoms. The van der Waals surface area contributed by atoms with Crippen LogP contribution < -0.4 is 0 Å². The average Bonchev–Trinajstić information content (AvgIpc) is 1.61. The van der Waals surface area contributed by atoms with E-state index in [2.05, 4.69) is 11.1 Å². The number of hydrogen-bond acceptors (Lipinski definition) is 2. The third-order valence-electron chi connectivity index (χ3n) is 0.291. The van der Waals surface area contributed by atoms with Gasteiger partial charge in [0.1, 0.15) is 0 Å². The molecule has 0 spiro atoms. The number of oxime groups is 1. The summed E-state index contributed by atoms with van der Waals surface area (Å²) >= 11 is 0. The Balaban J connectivity index is 2.92. The second-order valence-corrected chi connectivity index (χ2v) is 0.706. The molecule has 0 saturated carbocycles. The molecule has 0 aromatic carbocycles. The van der Waals surface area contributed by atoms with Crippen LogP contribution in [0.1, 0.15) is 6.42 Å². The van der Waals surface area contributed by atoms with E-state index in [0.717, 1.165) is 0 Å². The van der Waals surface area contributed by atoms with Gasteiger partial charge in [-0.25, -0.2) is 0 Å². The van der Waals surface area contributed by atoms with E-state index in [1.165, 1.54) is 6.21 Å². The maximum atomic E-state index is 7.67. The molecule has 0 heterocycles. The van der Waals surface area contributed by atoms with Crippen molar-refractivity contribution in [2.75, 3.05) is 0 Å². The summed E-state index contributed by atoms with van der Waals surface area (Å²) in [5.74, 6) is 2.26. The molecule has 0 rings (SSSR count). The van der Waals surface area contributed by atoms with Crippen molar-refractivity contribution in [3.05, 3.63) is 0 Å². The molecule has 0 aliphatic carbocycles. The normalized spacial score (nSPS) is 8.50. The van der Waals surface area contributed by atoms with Gasteiger partial charge in [-0.05, 0) is 0 Å². The number of hydrogen-bond donors (Lipinski definition) is 1. The summed E-state index contributed by atoms with van der Waals surface area (Å²) in [4.78, 5) is 0. The smallest absolute Gasteiger partial charge is 0.0554 e. The maximum Gasteiger partial charge on any atom is 0.0554 e. The van der Waals surface area contributed by atoms with Crippen molar-refractivity contribution in [1.82, 2.24) is 0 Å². The van der Waals surface area contributed by atoms with Crippen LogP contribution in [0.25, 0.3) is 0 Å². The lowest BCUT2D eigenvalue weighted by Gasteiger charge is -1.66. The topological polar surface area (TPSA) is 32.6 Å². The molecule has 0 aliphatic heterocycles. The van der Waals surface area contributed by atoms with Crippen LogP contribution >= 0.6 is 0 Å². The minimum atomic E-state index is 0.399. The lowest BCUT2D eigenvalue weighted by molar-refractivity contribution is 0.321. The van der Waals surface area contributed by atoms with E-state index >= 15 is 0 Å². The predicted octanol–water partition coefficient (Wildman–Crippen LogP) is 0.470. The molecule has 2 nitrogen and oxygen atoms in total. The van der Waals surface area contributed by atoms with Crippen molar-refractivity contribution in [2.45, 2.75) is 6.42 Å². The van der Waals surface area contributed by atoms with Crippen molar-refractivity contribution in [2.24, 2.45) is 5.16 Å². The lowest BCUT2D eigenvalue weighted by atomic mass is 10.5. The molecular weight excluding hydrogens is 78.0 g/mol. The van der Waals surface area contributed by atoms with Crippen LogP contribution in [0.4, 0.5) is 0 Å². The first-order chi connectivity index (χ1) is 2.91. The Labute approximate surface area is 36.5 Å². The summed E-state index contributed by atoms with van der Waals surface area (Å²) in [6, 6.07) is 0. The Morgan fingerprint density at radius 2 is 2.67 bits per heavy atom. The van der Waals surface area contributed by atoms with Crippen LogP contribution in [0, 0.1) is 12.3 Å². The molecule has 0 fully saturated rings. The highest BCUT2D eigenvalue weighted by molar-refractivity contribution is 5.59. The molecule has 0 aromatic heterocycles. The minimum absolute atomic E-state index is 0.399. The molecule has 0 saturated heterocycles. The Bertz CT molecular complexity index is 80.0. The molecule has 0 aromatic rings. The number of rotatable bonds is 1. The standard InChI is InChI=1S/C4H5NO/c1-2-3-4-5-6/h1,4,6H,3H2. The lowest BCUT2D eigenvalue weighted by Crippen LogP contribution is -1.65. The van der Waals surface area contributed by atoms with Gasteiger partial charge in [-0.2, -0.15) is 0 Å². The molecular formula is C4H5NO. The fourth-order valence-electron chi connectivity index (χ4n) is 0.0935. The SMILES string of the molecule is C#CCC=NO. The molecule has 6 heavy (non-hydrogen) atoms. The zero-order chi connectivity index (χ0) is 4.83. The van der Waals surface area contributed by atoms with Gasteiger partial charge in [0.2, 0.25) is 0 Å². The van der Waals surface area contributed by atoms with Crippen LogP contribution in [0.5, 0.6) is 0 Å². The second-order valence-electron chi connectivity index (χ2n) is 0.706. The van der Waals surface area contributed by atoms with E-state index < -0.39 is 0 Å².